The summed E-state index contributed by atoms with van der Waals surface area (Å²) in [6.07, 6.45) is 2.33. The van der Waals surface area contributed by atoms with Crippen molar-refractivity contribution in [1.29, 1.82) is 0 Å². The topological polar surface area (TPSA) is 239 Å². The first-order valence-corrected chi connectivity index (χ1v) is 15.5. The lowest BCUT2D eigenvalue weighted by Gasteiger charge is -2.49. The molecule has 2 fully saturated rings. The summed E-state index contributed by atoms with van der Waals surface area (Å²) < 4.78 is 9.82. The molecule has 0 radical (unpaired) electrons. The van der Waals surface area contributed by atoms with Crippen molar-refractivity contribution in [3.8, 4) is 0 Å². The van der Waals surface area contributed by atoms with Gasteiger partial charge in [-0.2, -0.15) is 0 Å². The molecular formula is C27H25N5O12S2. The Hall–Kier alpha value is -4.91. The van der Waals surface area contributed by atoms with Crippen molar-refractivity contribution in [3.63, 3.8) is 0 Å². The van der Waals surface area contributed by atoms with Crippen LogP contribution < -0.4 is 10.6 Å². The Morgan fingerprint density at radius 3 is 1.65 bits per heavy atom. The van der Waals surface area contributed by atoms with Gasteiger partial charge in [0.15, 0.2) is 0 Å². The number of fused-ring (bicyclic) bond motifs is 2. The van der Waals surface area contributed by atoms with Crippen molar-refractivity contribution >= 4 is 71.0 Å². The van der Waals surface area contributed by atoms with Crippen molar-refractivity contribution in [2.24, 2.45) is 0 Å². The number of carbonyl (C=O) groups is 8. The van der Waals surface area contributed by atoms with Gasteiger partial charge in [-0.3, -0.25) is 43.6 Å². The maximum Gasteiger partial charge on any atom is 0.352 e. The van der Waals surface area contributed by atoms with Crippen molar-refractivity contribution in [3.05, 3.63) is 52.1 Å². The van der Waals surface area contributed by atoms with Crippen molar-refractivity contribution in [2.75, 3.05) is 24.7 Å². The summed E-state index contributed by atoms with van der Waals surface area (Å²) >= 11 is 2.32. The van der Waals surface area contributed by atoms with E-state index in [1.165, 1.54) is 19.2 Å². The maximum absolute atomic E-state index is 13.3. The maximum atomic E-state index is 13.3. The fourth-order valence-electron chi connectivity index (χ4n) is 5.18. The zero-order valence-electron chi connectivity index (χ0n) is 24.0. The zero-order chi connectivity index (χ0) is 33.4. The number of esters is 2. The van der Waals surface area contributed by atoms with E-state index in [0.29, 0.717) is 0 Å². The summed E-state index contributed by atoms with van der Waals surface area (Å²) in [5, 5.41) is 23.0. The number of carboxylic acids is 2. The third-order valence-electron chi connectivity index (χ3n) is 7.28. The summed E-state index contributed by atoms with van der Waals surface area (Å²) in [6, 6.07) is -1.04. The van der Waals surface area contributed by atoms with E-state index in [-0.39, 0.29) is 58.4 Å². The molecule has 4 aliphatic rings. The van der Waals surface area contributed by atoms with Gasteiger partial charge in [-0.15, -0.1) is 23.5 Å². The number of pyridine rings is 1. The molecule has 5 rings (SSSR count). The number of aromatic nitrogens is 1. The summed E-state index contributed by atoms with van der Waals surface area (Å²) in [4.78, 5) is 105. The van der Waals surface area contributed by atoms with E-state index >= 15 is 0 Å². The van der Waals surface area contributed by atoms with Crippen LogP contribution in [0.5, 0.6) is 0 Å². The molecule has 46 heavy (non-hydrogen) atoms. The number of thioether (sulfide) groups is 2. The van der Waals surface area contributed by atoms with Crippen LogP contribution in [0.25, 0.3) is 0 Å². The zero-order valence-corrected chi connectivity index (χ0v) is 25.6. The molecule has 242 valence electrons. The van der Waals surface area contributed by atoms with E-state index < -0.39 is 70.3 Å². The van der Waals surface area contributed by atoms with Crippen LogP contribution in [0.1, 0.15) is 34.6 Å². The Morgan fingerprint density at radius 2 is 1.24 bits per heavy atom. The summed E-state index contributed by atoms with van der Waals surface area (Å²) in [5.74, 6) is -6.93. The largest absolute Gasteiger partial charge is 0.477 e. The highest BCUT2D eigenvalue weighted by molar-refractivity contribution is 8.00. The van der Waals surface area contributed by atoms with Crippen LogP contribution in [0.3, 0.4) is 0 Å². The number of aliphatic carboxylic acids is 2. The third kappa shape index (κ3) is 5.89. The van der Waals surface area contributed by atoms with Crippen molar-refractivity contribution in [1.82, 2.24) is 25.4 Å². The molecule has 1 aromatic rings. The lowest BCUT2D eigenvalue weighted by Crippen LogP contribution is -2.71. The first-order chi connectivity index (χ1) is 21.8. The average Bonchev–Trinajstić information content (AvgIpc) is 3.02. The molecule has 0 bridgehead atoms. The molecule has 17 nitrogen and oxygen atoms in total. The molecule has 4 amide bonds. The number of nitrogens with zero attached hydrogens (tertiary/aromatic N) is 3. The lowest BCUT2D eigenvalue weighted by atomic mass is 10.0. The van der Waals surface area contributed by atoms with Crippen molar-refractivity contribution in [2.45, 2.75) is 36.7 Å². The number of rotatable bonds is 10. The predicted octanol–water partition coefficient (Wildman–Crippen LogP) is -1.09. The summed E-state index contributed by atoms with van der Waals surface area (Å²) in [7, 11) is 0. The van der Waals surface area contributed by atoms with E-state index in [0.717, 1.165) is 46.4 Å². The molecule has 2 saturated heterocycles. The van der Waals surface area contributed by atoms with E-state index in [1.54, 1.807) is 0 Å². The molecule has 4 N–H and O–H groups in total. The number of hydrogen-bond donors (Lipinski definition) is 4. The van der Waals surface area contributed by atoms with Gasteiger partial charge in [0.2, 0.25) is 0 Å². The number of β-lactam (4-membered cyclic amide) rings is 2. The fraction of sp³-hybridized carbons (Fsp3) is 0.370. The van der Waals surface area contributed by atoms with Gasteiger partial charge in [0.05, 0.1) is 11.1 Å². The molecule has 4 aliphatic heterocycles. The Balaban J connectivity index is 1.27. The quantitative estimate of drug-likeness (QED) is 0.170. The summed E-state index contributed by atoms with van der Waals surface area (Å²) in [6.45, 7) is 1.71. The Morgan fingerprint density at radius 1 is 0.804 bits per heavy atom. The second-order valence-corrected chi connectivity index (χ2v) is 12.4. The number of nitrogens with one attached hydrogen (secondary N) is 2. The standard InChI is InChI=1S/C27H25N5O12S2/c1-10(33)43-6-12-8-45-24-16(22(37)31(24)18(12)26(39)40)29-20(35)14-3-4-28-5-15(14)21(36)30-17-23(38)32-19(27(41)42)13(7-44-11(2)34)9-46-25(17)32/h3-5,16-17,24-25H,6-9H2,1-2H3,(H,29,35)(H,30,36)(H,39,40)(H,41,42)/t16-,17-,24-,25-/m1/s1. The highest BCUT2D eigenvalue weighted by atomic mass is 32.2. The lowest BCUT2D eigenvalue weighted by molar-refractivity contribution is -0.149. The fourth-order valence-corrected chi connectivity index (χ4v) is 7.83. The minimum atomic E-state index is -1.40. The van der Waals surface area contributed by atoms with Gasteiger partial charge in [0.1, 0.15) is 47.4 Å². The van der Waals surface area contributed by atoms with E-state index in [9.17, 15) is 48.6 Å². The number of amides is 4. The SMILES string of the molecule is CC(=O)OCC1=C(C(=O)O)N2C(=O)[C@@H](NC(=O)c3ccncc3C(=O)N[C@@H]3C(=O)N4C(C(=O)O)=C(COC(C)=O)CS[C@H]34)[C@H]2SC1. The summed E-state index contributed by atoms with van der Waals surface area (Å²) in [5.41, 5.74) is -0.628. The number of hydrogen-bond acceptors (Lipinski definition) is 13. The van der Waals surface area contributed by atoms with E-state index in [2.05, 4.69) is 15.6 Å². The van der Waals surface area contributed by atoms with Crippen LogP contribution in [0.4, 0.5) is 0 Å². The monoisotopic (exact) mass is 675 g/mol. The number of carboxylic acid groups (broad SMARTS) is 2. The molecule has 0 aliphatic carbocycles. The molecule has 1 aromatic heterocycles. The smallest absolute Gasteiger partial charge is 0.352 e. The Kier molecular flexibility index (Phi) is 9.06. The van der Waals surface area contributed by atoms with Gasteiger partial charge < -0.3 is 30.3 Å². The highest BCUT2D eigenvalue weighted by Gasteiger charge is 2.56. The Bertz CT molecular complexity index is 1540. The van der Waals surface area contributed by atoms with Crippen LogP contribution in [0, 0.1) is 0 Å². The van der Waals surface area contributed by atoms with Gasteiger partial charge >= 0.3 is 23.9 Å². The molecule has 0 unspecified atom stereocenters. The minimum Gasteiger partial charge on any atom is -0.477 e. The first-order valence-electron chi connectivity index (χ1n) is 13.4. The van der Waals surface area contributed by atoms with Gasteiger partial charge in [-0.05, 0) is 6.07 Å². The van der Waals surface area contributed by atoms with Gasteiger partial charge in [-0.25, -0.2) is 9.59 Å². The molecule has 0 aromatic carbocycles. The molecule has 19 heteroatoms. The number of ether oxygens (including phenoxy) is 2. The molecule has 5 heterocycles. The van der Waals surface area contributed by atoms with E-state index in [4.69, 9.17) is 9.47 Å². The van der Waals surface area contributed by atoms with Crippen molar-refractivity contribution < 1.29 is 58.0 Å². The molecule has 0 saturated carbocycles. The average molecular weight is 676 g/mol. The normalized spacial score (nSPS) is 23.3. The van der Waals surface area contributed by atoms with Gasteiger partial charge in [0, 0.05) is 48.9 Å². The second-order valence-electron chi connectivity index (χ2n) is 10.2. The predicted molar refractivity (Wildman–Crippen MR) is 156 cm³/mol. The molecular weight excluding hydrogens is 650 g/mol. The van der Waals surface area contributed by atoms with Crippen LogP contribution in [0.2, 0.25) is 0 Å². The van der Waals surface area contributed by atoms with Crippen LogP contribution >= 0.6 is 23.5 Å². The Labute approximate surface area is 267 Å². The molecule has 0 spiro atoms. The third-order valence-corrected chi connectivity index (χ3v) is 9.96. The highest BCUT2D eigenvalue weighted by Crippen LogP contribution is 2.42. The number of carbonyl (C=O) groups excluding carboxylic acids is 6. The van der Waals surface area contributed by atoms with Crippen LogP contribution in [0.15, 0.2) is 41.0 Å². The van der Waals surface area contributed by atoms with Gasteiger partial charge in [-0.1, -0.05) is 0 Å². The molecule has 4 atom stereocenters. The second kappa shape index (κ2) is 12.8. The van der Waals surface area contributed by atoms with Crippen LogP contribution in [-0.4, -0.2) is 120 Å². The van der Waals surface area contributed by atoms with E-state index in [1.807, 2.05) is 0 Å². The van der Waals surface area contributed by atoms with Crippen LogP contribution in [-0.2, 0) is 38.2 Å². The van der Waals surface area contributed by atoms with Gasteiger partial charge in [0.25, 0.3) is 23.6 Å². The first kappa shape index (κ1) is 32.5. The minimum absolute atomic E-state index is 0.117.